The van der Waals surface area contributed by atoms with E-state index in [1.807, 2.05) is 0 Å². The summed E-state index contributed by atoms with van der Waals surface area (Å²) in [6.07, 6.45) is -1.21. The summed E-state index contributed by atoms with van der Waals surface area (Å²) in [5, 5.41) is 0. The summed E-state index contributed by atoms with van der Waals surface area (Å²) in [5.74, 6) is 0.273. The van der Waals surface area contributed by atoms with Gasteiger partial charge in [0.25, 0.3) is 6.43 Å². The first kappa shape index (κ1) is 9.86. The number of alkyl halides is 3. The number of aromatic nitrogens is 1. The van der Waals surface area contributed by atoms with Crippen LogP contribution >= 0.6 is 27.5 Å². The van der Waals surface area contributed by atoms with Crippen molar-refractivity contribution in [3.63, 3.8) is 0 Å². The van der Waals surface area contributed by atoms with Crippen LogP contribution in [-0.4, -0.2) is 4.98 Å². The molecule has 0 aromatic carbocycles. The normalized spacial score (nSPS) is 10.8. The van der Waals surface area contributed by atoms with Crippen molar-refractivity contribution in [2.45, 2.75) is 12.3 Å². The second kappa shape index (κ2) is 4.14. The summed E-state index contributed by atoms with van der Waals surface area (Å²) in [7, 11) is 0. The van der Waals surface area contributed by atoms with Gasteiger partial charge in [-0.2, -0.15) is 0 Å². The zero-order valence-corrected chi connectivity index (χ0v) is 8.24. The fourth-order valence-electron chi connectivity index (χ4n) is 0.722. The van der Waals surface area contributed by atoms with Crippen LogP contribution in [0.25, 0.3) is 0 Å². The second-order valence-electron chi connectivity index (χ2n) is 2.14. The Hall–Kier alpha value is -0.220. The van der Waals surface area contributed by atoms with Crippen LogP contribution in [0.2, 0.25) is 0 Å². The highest BCUT2D eigenvalue weighted by atomic mass is 79.9. The van der Waals surface area contributed by atoms with E-state index >= 15 is 0 Å². The first-order chi connectivity index (χ1) is 5.65. The van der Waals surface area contributed by atoms with Gasteiger partial charge in [-0.25, -0.2) is 8.78 Å². The Morgan fingerprint density at radius 3 is 2.67 bits per heavy atom. The summed E-state index contributed by atoms with van der Waals surface area (Å²) in [5.41, 5.74) is 0.469. The van der Waals surface area contributed by atoms with Gasteiger partial charge >= 0.3 is 0 Å². The Morgan fingerprint density at radius 2 is 2.25 bits per heavy atom. The lowest BCUT2D eigenvalue weighted by Crippen LogP contribution is -1.93. The smallest absolute Gasteiger partial charge is 0.254 e. The minimum absolute atomic E-state index is 0.246. The third-order valence-corrected chi connectivity index (χ3v) is 2.23. The molecule has 0 aliphatic rings. The SMILES string of the molecule is FC(F)c1ncc(CCl)cc1Br. The number of halogens is 4. The van der Waals surface area contributed by atoms with Gasteiger partial charge in [-0.1, -0.05) is 0 Å². The summed E-state index contributed by atoms with van der Waals surface area (Å²) >= 11 is 8.47. The van der Waals surface area contributed by atoms with E-state index in [0.717, 1.165) is 0 Å². The van der Waals surface area contributed by atoms with Gasteiger partial charge < -0.3 is 0 Å². The van der Waals surface area contributed by atoms with Crippen molar-refractivity contribution >= 4 is 27.5 Å². The molecule has 0 amide bonds. The van der Waals surface area contributed by atoms with Crippen LogP contribution in [0.1, 0.15) is 17.7 Å². The first-order valence-electron chi connectivity index (χ1n) is 3.13. The van der Waals surface area contributed by atoms with Crippen molar-refractivity contribution in [1.82, 2.24) is 4.98 Å². The third-order valence-electron chi connectivity index (χ3n) is 1.29. The van der Waals surface area contributed by atoms with Gasteiger partial charge in [-0.15, -0.1) is 11.6 Å². The molecule has 0 spiro atoms. The topological polar surface area (TPSA) is 12.9 Å². The third kappa shape index (κ3) is 2.14. The van der Waals surface area contributed by atoms with Gasteiger partial charge in [-0.3, -0.25) is 4.98 Å². The standard InChI is InChI=1S/C7H5BrClF2N/c8-5-1-4(2-9)3-12-6(5)7(10)11/h1,3,7H,2H2. The maximum absolute atomic E-state index is 12.1. The van der Waals surface area contributed by atoms with Crippen molar-refractivity contribution in [2.75, 3.05) is 0 Å². The zero-order chi connectivity index (χ0) is 9.14. The molecule has 0 radical (unpaired) electrons. The van der Waals surface area contributed by atoms with Crippen LogP contribution in [0.5, 0.6) is 0 Å². The number of pyridine rings is 1. The van der Waals surface area contributed by atoms with Crippen molar-refractivity contribution < 1.29 is 8.78 Å². The van der Waals surface area contributed by atoms with Gasteiger partial charge in [0.15, 0.2) is 0 Å². The molecule has 1 rings (SSSR count). The minimum Gasteiger partial charge on any atom is -0.254 e. The lowest BCUT2D eigenvalue weighted by atomic mass is 10.3. The fraction of sp³-hybridized carbons (Fsp3) is 0.286. The van der Waals surface area contributed by atoms with E-state index in [-0.39, 0.29) is 11.6 Å². The van der Waals surface area contributed by atoms with Crippen LogP contribution in [0.15, 0.2) is 16.7 Å². The Kier molecular flexibility index (Phi) is 3.40. The minimum atomic E-state index is -2.55. The molecule has 1 heterocycles. The Labute approximate surface area is 81.9 Å². The number of rotatable bonds is 2. The highest BCUT2D eigenvalue weighted by Gasteiger charge is 2.12. The lowest BCUT2D eigenvalue weighted by molar-refractivity contribution is 0.145. The molecule has 1 aromatic heterocycles. The molecule has 0 bridgehead atoms. The van der Waals surface area contributed by atoms with E-state index in [9.17, 15) is 8.78 Å². The van der Waals surface area contributed by atoms with E-state index in [2.05, 4.69) is 20.9 Å². The molecule has 12 heavy (non-hydrogen) atoms. The molecule has 0 atom stereocenters. The van der Waals surface area contributed by atoms with E-state index in [1.54, 1.807) is 6.07 Å². The average Bonchev–Trinajstić information content (AvgIpc) is 2.03. The van der Waals surface area contributed by atoms with E-state index < -0.39 is 6.43 Å². The highest BCUT2D eigenvalue weighted by Crippen LogP contribution is 2.25. The summed E-state index contributed by atoms with van der Waals surface area (Å²) < 4.78 is 24.6. The molecule has 1 aromatic rings. The lowest BCUT2D eigenvalue weighted by Gasteiger charge is -2.02. The molecule has 0 N–H and O–H groups in total. The molecule has 0 saturated carbocycles. The molecule has 0 aliphatic heterocycles. The molecule has 1 nitrogen and oxygen atoms in total. The second-order valence-corrected chi connectivity index (χ2v) is 3.27. The Balaban J connectivity index is 3.03. The van der Waals surface area contributed by atoms with Crippen LogP contribution in [-0.2, 0) is 5.88 Å². The predicted molar refractivity (Wildman–Crippen MR) is 46.5 cm³/mol. The molecule has 0 fully saturated rings. The van der Waals surface area contributed by atoms with Crippen molar-refractivity contribution in [2.24, 2.45) is 0 Å². The summed E-state index contributed by atoms with van der Waals surface area (Å²) in [6, 6.07) is 1.54. The zero-order valence-electron chi connectivity index (χ0n) is 5.90. The molecule has 0 aliphatic carbocycles. The van der Waals surface area contributed by atoms with Gasteiger partial charge in [0.2, 0.25) is 0 Å². The molecule has 66 valence electrons. The quantitative estimate of drug-likeness (QED) is 0.738. The first-order valence-corrected chi connectivity index (χ1v) is 4.46. The molecular formula is C7H5BrClF2N. The van der Waals surface area contributed by atoms with Gasteiger partial charge in [0.05, 0.1) is 0 Å². The maximum Gasteiger partial charge on any atom is 0.281 e. The van der Waals surface area contributed by atoms with Gasteiger partial charge in [0.1, 0.15) is 5.69 Å². The average molecular weight is 256 g/mol. The molecule has 5 heteroatoms. The summed E-state index contributed by atoms with van der Waals surface area (Å²) in [4.78, 5) is 3.57. The van der Waals surface area contributed by atoms with Crippen molar-refractivity contribution in [3.05, 3.63) is 28.0 Å². The van der Waals surface area contributed by atoms with Gasteiger partial charge in [-0.05, 0) is 27.6 Å². The van der Waals surface area contributed by atoms with Gasteiger partial charge in [0, 0.05) is 16.5 Å². The van der Waals surface area contributed by atoms with Crippen LogP contribution in [0.3, 0.4) is 0 Å². The monoisotopic (exact) mass is 255 g/mol. The van der Waals surface area contributed by atoms with Crippen molar-refractivity contribution in [3.8, 4) is 0 Å². The number of hydrogen-bond donors (Lipinski definition) is 0. The largest absolute Gasteiger partial charge is 0.281 e. The molecule has 0 unspecified atom stereocenters. The van der Waals surface area contributed by atoms with Crippen LogP contribution < -0.4 is 0 Å². The Bertz CT molecular complexity index is 280. The van der Waals surface area contributed by atoms with E-state index in [0.29, 0.717) is 10.0 Å². The molecular weight excluding hydrogens is 251 g/mol. The van der Waals surface area contributed by atoms with Crippen molar-refractivity contribution in [1.29, 1.82) is 0 Å². The van der Waals surface area contributed by atoms with Crippen LogP contribution in [0.4, 0.5) is 8.78 Å². The Morgan fingerprint density at radius 1 is 1.58 bits per heavy atom. The predicted octanol–water partition coefficient (Wildman–Crippen LogP) is 3.52. The number of hydrogen-bond acceptors (Lipinski definition) is 1. The number of nitrogens with zero attached hydrogens (tertiary/aromatic N) is 1. The van der Waals surface area contributed by atoms with E-state index in [4.69, 9.17) is 11.6 Å². The maximum atomic E-state index is 12.1. The highest BCUT2D eigenvalue weighted by molar-refractivity contribution is 9.10. The van der Waals surface area contributed by atoms with E-state index in [1.165, 1.54) is 6.20 Å². The summed E-state index contributed by atoms with van der Waals surface area (Å²) in [6.45, 7) is 0. The van der Waals surface area contributed by atoms with Crippen LogP contribution in [0, 0.1) is 0 Å². The molecule has 0 saturated heterocycles. The fourth-order valence-corrected chi connectivity index (χ4v) is 1.44.